The van der Waals surface area contributed by atoms with Crippen molar-refractivity contribution >= 4 is 18.0 Å². The lowest BCUT2D eigenvalue weighted by molar-refractivity contribution is -0.131. The number of ether oxygens (including phenoxy) is 1. The molecule has 0 fully saturated rings. The summed E-state index contributed by atoms with van der Waals surface area (Å²) in [6.07, 6.45) is 7.47. The van der Waals surface area contributed by atoms with Crippen LogP contribution in [0.25, 0.3) is 6.08 Å². The summed E-state index contributed by atoms with van der Waals surface area (Å²) >= 11 is 0. The van der Waals surface area contributed by atoms with Gasteiger partial charge in [-0.15, -0.1) is 6.42 Å². The Kier molecular flexibility index (Phi) is 5.70. The average molecular weight is 259 g/mol. The predicted molar refractivity (Wildman–Crippen MR) is 70.4 cm³/mol. The molecule has 1 amide bonds. The lowest BCUT2D eigenvalue weighted by Gasteiger charge is -2.06. The SMILES string of the molecule is C#CCNC(=O)COc1cccc(/C=C/C(=O)O)c1. The largest absolute Gasteiger partial charge is 0.484 e. The number of amides is 1. The highest BCUT2D eigenvalue weighted by molar-refractivity contribution is 5.85. The molecule has 0 aromatic heterocycles. The Morgan fingerprint density at radius 3 is 2.95 bits per heavy atom. The van der Waals surface area contributed by atoms with Gasteiger partial charge in [0.25, 0.3) is 5.91 Å². The fraction of sp³-hybridized carbons (Fsp3) is 0.143. The van der Waals surface area contributed by atoms with Crippen LogP contribution < -0.4 is 10.1 Å². The summed E-state index contributed by atoms with van der Waals surface area (Å²) in [6.45, 7) is 0.0113. The molecule has 1 aromatic carbocycles. The van der Waals surface area contributed by atoms with Crippen molar-refractivity contribution in [2.45, 2.75) is 0 Å². The molecule has 0 heterocycles. The van der Waals surface area contributed by atoms with E-state index >= 15 is 0 Å². The number of hydrogen-bond donors (Lipinski definition) is 2. The normalized spacial score (nSPS) is 9.84. The smallest absolute Gasteiger partial charge is 0.328 e. The van der Waals surface area contributed by atoms with Gasteiger partial charge in [0.1, 0.15) is 5.75 Å². The van der Waals surface area contributed by atoms with Crippen LogP contribution in [0.5, 0.6) is 5.75 Å². The first-order chi connectivity index (χ1) is 9.11. The molecule has 1 aromatic rings. The highest BCUT2D eigenvalue weighted by Crippen LogP contribution is 2.14. The van der Waals surface area contributed by atoms with E-state index in [0.717, 1.165) is 6.08 Å². The molecule has 0 saturated heterocycles. The van der Waals surface area contributed by atoms with Gasteiger partial charge < -0.3 is 15.2 Å². The van der Waals surface area contributed by atoms with E-state index in [2.05, 4.69) is 11.2 Å². The second-order valence-corrected chi connectivity index (χ2v) is 3.51. The molecule has 19 heavy (non-hydrogen) atoms. The zero-order valence-electron chi connectivity index (χ0n) is 10.1. The third kappa shape index (κ3) is 5.94. The Hall–Kier alpha value is -2.74. The third-order valence-electron chi connectivity index (χ3n) is 2.03. The lowest BCUT2D eigenvalue weighted by atomic mass is 10.2. The van der Waals surface area contributed by atoms with Crippen molar-refractivity contribution in [1.29, 1.82) is 0 Å². The molecule has 0 spiro atoms. The van der Waals surface area contributed by atoms with Crippen molar-refractivity contribution in [1.82, 2.24) is 5.32 Å². The fourth-order valence-corrected chi connectivity index (χ4v) is 1.23. The monoisotopic (exact) mass is 259 g/mol. The Bertz CT molecular complexity index is 528. The zero-order valence-corrected chi connectivity index (χ0v) is 10.1. The highest BCUT2D eigenvalue weighted by Gasteiger charge is 2.01. The van der Waals surface area contributed by atoms with Crippen molar-refractivity contribution in [2.24, 2.45) is 0 Å². The minimum Gasteiger partial charge on any atom is -0.484 e. The number of carboxylic acids is 1. The van der Waals surface area contributed by atoms with E-state index in [4.69, 9.17) is 16.3 Å². The molecular weight excluding hydrogens is 246 g/mol. The Balaban J connectivity index is 2.55. The number of nitrogens with one attached hydrogen (secondary N) is 1. The summed E-state index contributed by atoms with van der Waals surface area (Å²) in [5.74, 6) is 1.41. The molecule has 5 nitrogen and oxygen atoms in total. The second kappa shape index (κ2) is 7.56. The number of carbonyl (C=O) groups is 2. The topological polar surface area (TPSA) is 75.6 Å². The molecule has 0 aliphatic carbocycles. The summed E-state index contributed by atoms with van der Waals surface area (Å²) in [5, 5.41) is 11.0. The second-order valence-electron chi connectivity index (χ2n) is 3.51. The lowest BCUT2D eigenvalue weighted by Crippen LogP contribution is -2.29. The molecule has 0 unspecified atom stereocenters. The van der Waals surface area contributed by atoms with Gasteiger partial charge in [0.05, 0.1) is 6.54 Å². The molecular formula is C14H13NO4. The number of terminal acetylenes is 1. The molecule has 1 rings (SSSR count). The number of aliphatic carboxylic acids is 1. The third-order valence-corrected chi connectivity index (χ3v) is 2.03. The van der Waals surface area contributed by atoms with Crippen molar-refractivity contribution in [3.8, 4) is 18.1 Å². The van der Waals surface area contributed by atoms with Crippen LogP contribution in [0.1, 0.15) is 5.56 Å². The first-order valence-corrected chi connectivity index (χ1v) is 5.46. The van der Waals surface area contributed by atoms with Gasteiger partial charge in [-0.05, 0) is 23.8 Å². The maximum Gasteiger partial charge on any atom is 0.328 e. The minimum absolute atomic E-state index is 0.145. The Morgan fingerprint density at radius 2 is 2.26 bits per heavy atom. The Labute approximate surface area is 110 Å². The summed E-state index contributed by atoms with van der Waals surface area (Å²) in [6, 6.07) is 6.74. The van der Waals surface area contributed by atoms with Gasteiger partial charge in [-0.1, -0.05) is 18.1 Å². The van der Waals surface area contributed by atoms with Crippen molar-refractivity contribution in [3.05, 3.63) is 35.9 Å². The fourth-order valence-electron chi connectivity index (χ4n) is 1.23. The first kappa shape index (κ1) is 14.3. The number of hydrogen-bond acceptors (Lipinski definition) is 3. The predicted octanol–water partition coefficient (Wildman–Crippen LogP) is 0.913. The highest BCUT2D eigenvalue weighted by atomic mass is 16.5. The van der Waals surface area contributed by atoms with Crippen molar-refractivity contribution < 1.29 is 19.4 Å². The molecule has 0 radical (unpaired) electrons. The van der Waals surface area contributed by atoms with Crippen LogP contribution in [-0.2, 0) is 9.59 Å². The van der Waals surface area contributed by atoms with E-state index in [0.29, 0.717) is 11.3 Å². The molecule has 0 bridgehead atoms. The maximum atomic E-state index is 11.3. The van der Waals surface area contributed by atoms with Crippen LogP contribution in [0.15, 0.2) is 30.3 Å². The molecule has 0 atom stereocenters. The van der Waals surface area contributed by atoms with E-state index in [1.807, 2.05) is 0 Å². The first-order valence-electron chi connectivity index (χ1n) is 5.46. The van der Waals surface area contributed by atoms with E-state index in [1.54, 1.807) is 24.3 Å². The van der Waals surface area contributed by atoms with Gasteiger partial charge in [-0.25, -0.2) is 4.79 Å². The molecule has 0 aliphatic rings. The van der Waals surface area contributed by atoms with Crippen LogP contribution in [0.2, 0.25) is 0 Å². The van der Waals surface area contributed by atoms with Crippen molar-refractivity contribution in [2.75, 3.05) is 13.2 Å². The number of carbonyl (C=O) groups excluding carboxylic acids is 1. The summed E-state index contributed by atoms with van der Waals surface area (Å²) in [5.41, 5.74) is 0.670. The van der Waals surface area contributed by atoms with Crippen LogP contribution >= 0.6 is 0 Å². The molecule has 0 aliphatic heterocycles. The Morgan fingerprint density at radius 1 is 1.47 bits per heavy atom. The average Bonchev–Trinajstić information content (AvgIpc) is 2.41. The molecule has 0 saturated carbocycles. The van der Waals surface area contributed by atoms with Gasteiger partial charge in [0, 0.05) is 6.08 Å². The number of carboxylic acid groups (broad SMARTS) is 1. The van der Waals surface area contributed by atoms with E-state index < -0.39 is 5.97 Å². The summed E-state index contributed by atoms with van der Waals surface area (Å²) < 4.78 is 5.25. The van der Waals surface area contributed by atoms with Crippen LogP contribution in [0.3, 0.4) is 0 Å². The quantitative estimate of drug-likeness (QED) is 0.588. The zero-order chi connectivity index (χ0) is 14.1. The van der Waals surface area contributed by atoms with Gasteiger partial charge in [0.2, 0.25) is 0 Å². The molecule has 5 heteroatoms. The minimum atomic E-state index is -1.03. The van der Waals surface area contributed by atoms with Crippen LogP contribution in [0.4, 0.5) is 0 Å². The molecule has 2 N–H and O–H groups in total. The standard InChI is InChI=1S/C14H13NO4/c1-2-8-15-13(16)10-19-12-5-3-4-11(9-12)6-7-14(17)18/h1,3-7,9H,8,10H2,(H,15,16)(H,17,18)/b7-6+. The van der Waals surface area contributed by atoms with Crippen LogP contribution in [0, 0.1) is 12.3 Å². The van der Waals surface area contributed by atoms with E-state index in [9.17, 15) is 9.59 Å². The van der Waals surface area contributed by atoms with Crippen molar-refractivity contribution in [3.63, 3.8) is 0 Å². The van der Waals surface area contributed by atoms with E-state index in [1.165, 1.54) is 6.08 Å². The number of benzene rings is 1. The summed E-state index contributed by atoms with van der Waals surface area (Å²) in [4.78, 5) is 21.6. The van der Waals surface area contributed by atoms with Gasteiger partial charge >= 0.3 is 5.97 Å². The number of rotatable bonds is 6. The van der Waals surface area contributed by atoms with Gasteiger partial charge in [-0.3, -0.25) is 4.79 Å². The van der Waals surface area contributed by atoms with Crippen LogP contribution in [-0.4, -0.2) is 30.1 Å². The molecule has 98 valence electrons. The van der Waals surface area contributed by atoms with Gasteiger partial charge in [-0.2, -0.15) is 0 Å². The van der Waals surface area contributed by atoms with Gasteiger partial charge in [0.15, 0.2) is 6.61 Å². The van der Waals surface area contributed by atoms with E-state index in [-0.39, 0.29) is 19.1 Å². The summed E-state index contributed by atoms with van der Waals surface area (Å²) in [7, 11) is 0. The maximum absolute atomic E-state index is 11.3.